The quantitative estimate of drug-likeness (QED) is 0.0507. The summed E-state index contributed by atoms with van der Waals surface area (Å²) in [5.41, 5.74) is 14.3. The number of carbonyl (C=O) groups is 8. The van der Waals surface area contributed by atoms with Crippen LogP contribution in [-0.4, -0.2) is 100 Å². The van der Waals surface area contributed by atoms with Crippen LogP contribution in [0.2, 0.25) is 0 Å². The third-order valence-corrected chi connectivity index (χ3v) is 6.61. The van der Waals surface area contributed by atoms with Crippen molar-refractivity contribution in [2.75, 3.05) is 6.54 Å². The van der Waals surface area contributed by atoms with Crippen LogP contribution < -0.4 is 43.8 Å². The highest BCUT2D eigenvalue weighted by atomic mass is 16.4. The Hall–Kier alpha value is -4.32. The lowest BCUT2D eigenvalue weighted by Gasteiger charge is -2.26. The lowest BCUT2D eigenvalue weighted by atomic mass is 10.0. The number of nitrogens with two attached hydrogens (primary N) is 2. The van der Waals surface area contributed by atoms with Gasteiger partial charge >= 0.3 is 11.9 Å². The van der Waals surface area contributed by atoms with Crippen LogP contribution in [0.3, 0.4) is 0 Å². The van der Waals surface area contributed by atoms with E-state index in [1.165, 1.54) is 13.8 Å². The number of quaternary nitrogens is 1. The van der Waals surface area contributed by atoms with Crippen molar-refractivity contribution in [3.05, 3.63) is 0 Å². The van der Waals surface area contributed by atoms with E-state index in [9.17, 15) is 48.6 Å². The molecule has 0 fully saturated rings. The first-order valence-electron chi connectivity index (χ1n) is 14.7. The normalized spacial score (nSPS) is 14.9. The molecule has 45 heavy (non-hydrogen) atoms. The Bertz CT molecular complexity index is 1070. The molecule has 18 nitrogen and oxygen atoms in total. The van der Waals surface area contributed by atoms with E-state index in [4.69, 9.17) is 11.5 Å². The second-order valence-electron chi connectivity index (χ2n) is 11.1. The summed E-state index contributed by atoms with van der Waals surface area (Å²) in [7, 11) is 0. The van der Waals surface area contributed by atoms with Gasteiger partial charge in [-0.05, 0) is 51.9 Å². The molecule has 256 valence electrons. The van der Waals surface area contributed by atoms with E-state index >= 15 is 0 Å². The van der Waals surface area contributed by atoms with Crippen molar-refractivity contribution in [1.82, 2.24) is 26.6 Å². The van der Waals surface area contributed by atoms with Crippen LogP contribution in [0.15, 0.2) is 0 Å². The molecular weight excluding hydrogens is 596 g/mol. The Morgan fingerprint density at radius 3 is 1.62 bits per heavy atom. The van der Waals surface area contributed by atoms with Crippen molar-refractivity contribution >= 4 is 47.4 Å². The second kappa shape index (κ2) is 20.6. The molecule has 0 aliphatic rings. The molecule has 0 aromatic rings. The molecule has 18 heteroatoms. The number of carboxylic acid groups (broad SMARTS) is 2. The minimum Gasteiger partial charge on any atom is -0.481 e. The van der Waals surface area contributed by atoms with E-state index in [2.05, 4.69) is 32.3 Å². The van der Waals surface area contributed by atoms with Gasteiger partial charge in [0.1, 0.15) is 30.2 Å². The van der Waals surface area contributed by atoms with Crippen LogP contribution >= 0.6 is 0 Å². The zero-order valence-electron chi connectivity index (χ0n) is 26.2. The fourth-order valence-corrected chi connectivity index (χ4v) is 3.90. The minimum absolute atomic E-state index is 0.0606. The maximum Gasteiger partial charge on any atom is 0.326 e. The van der Waals surface area contributed by atoms with Gasteiger partial charge in [0.2, 0.25) is 35.4 Å². The van der Waals surface area contributed by atoms with E-state index < -0.39 is 90.1 Å². The van der Waals surface area contributed by atoms with Gasteiger partial charge in [0, 0.05) is 12.8 Å². The number of carboxylic acids is 2. The minimum atomic E-state index is -1.48. The van der Waals surface area contributed by atoms with Gasteiger partial charge in [0.15, 0.2) is 0 Å². The van der Waals surface area contributed by atoms with Gasteiger partial charge in [-0.1, -0.05) is 13.8 Å². The van der Waals surface area contributed by atoms with Gasteiger partial charge < -0.3 is 54.0 Å². The number of carbonyl (C=O) groups excluding carboxylic acids is 6. The third kappa shape index (κ3) is 16.4. The summed E-state index contributed by atoms with van der Waals surface area (Å²) >= 11 is 0. The smallest absolute Gasteiger partial charge is 0.326 e. The first-order chi connectivity index (χ1) is 20.9. The Morgan fingerprint density at radius 2 is 1.16 bits per heavy atom. The fourth-order valence-electron chi connectivity index (χ4n) is 3.90. The van der Waals surface area contributed by atoms with Gasteiger partial charge in [-0.25, -0.2) is 4.79 Å². The number of hydrogen-bond acceptors (Lipinski definition) is 9. The molecule has 0 heterocycles. The van der Waals surface area contributed by atoms with E-state index in [0.717, 1.165) is 0 Å². The summed E-state index contributed by atoms with van der Waals surface area (Å²) in [6.07, 6.45) is -0.478. The largest absolute Gasteiger partial charge is 0.481 e. The van der Waals surface area contributed by atoms with Gasteiger partial charge in [0.05, 0.1) is 12.6 Å². The molecule has 0 aliphatic carbocycles. The molecule has 0 radical (unpaired) electrons. The van der Waals surface area contributed by atoms with Gasteiger partial charge in [-0.15, -0.1) is 0 Å². The van der Waals surface area contributed by atoms with Crippen molar-refractivity contribution in [2.24, 2.45) is 17.4 Å². The predicted octanol–water partition coefficient (Wildman–Crippen LogP) is -3.94. The zero-order valence-corrected chi connectivity index (χ0v) is 26.2. The molecule has 6 atom stereocenters. The van der Waals surface area contributed by atoms with E-state index in [0.29, 0.717) is 19.4 Å². The molecule has 0 spiro atoms. The summed E-state index contributed by atoms with van der Waals surface area (Å²) in [6, 6.07) is -7.36. The Balaban J connectivity index is 5.82. The van der Waals surface area contributed by atoms with E-state index in [-0.39, 0.29) is 31.6 Å². The average molecular weight is 646 g/mol. The zero-order chi connectivity index (χ0) is 34.9. The standard InChI is InChI=1S/C27H48N8O10/c1-13(2)21(35-22(39)14(3)29)26(43)31-15(4)23(40)32-17(9-11-20(37)38)25(42)33-16(7-5-6-12-28)24(41)34-18(27(44)45)8-10-19(30)36/h13-18,21H,5-12,28-29H2,1-4H3,(H2,30,36)(H,31,43)(H,32,40)(H,33,42)(H,34,41)(H,35,39)(H,37,38)(H,44,45)/p+1/t14-,15-,16-,17-,18-,21-/m0/s1. The third-order valence-electron chi connectivity index (χ3n) is 6.61. The maximum absolute atomic E-state index is 13.3. The monoisotopic (exact) mass is 645 g/mol. The van der Waals surface area contributed by atoms with E-state index in [1.807, 2.05) is 0 Å². The van der Waals surface area contributed by atoms with Gasteiger partial charge in [-0.2, -0.15) is 0 Å². The van der Waals surface area contributed by atoms with E-state index in [1.54, 1.807) is 13.8 Å². The Morgan fingerprint density at radius 1 is 0.644 bits per heavy atom. The Kier molecular flexibility index (Phi) is 18.6. The Labute approximate surface area is 261 Å². The molecule has 0 rings (SSSR count). The molecule has 0 saturated carbocycles. The van der Waals surface area contributed by atoms with Crippen LogP contribution in [0.1, 0.15) is 72.6 Å². The number of nitrogens with one attached hydrogen (secondary N) is 5. The number of amides is 6. The van der Waals surface area contributed by atoms with Gasteiger partial charge in [-0.3, -0.25) is 33.6 Å². The average Bonchev–Trinajstić information content (AvgIpc) is 2.94. The van der Waals surface area contributed by atoms with Gasteiger partial charge in [0.25, 0.3) is 0 Å². The van der Waals surface area contributed by atoms with Crippen LogP contribution in [0.25, 0.3) is 0 Å². The SMILES string of the molecule is CC(C)[C@H](NC(=O)[C@H](C)N)C(=O)N[C@@H](C)C(=O)N[C@@H](CCC(=O)O)C(=O)N[C@@H](CCCC[NH3+])C(=O)N[C@@H](CCC(N)=O)C(=O)O. The maximum atomic E-state index is 13.3. The molecule has 0 aliphatic heterocycles. The summed E-state index contributed by atoms with van der Waals surface area (Å²) in [6.45, 7) is 6.61. The molecule has 0 aromatic carbocycles. The molecule has 0 unspecified atom stereocenters. The summed E-state index contributed by atoms with van der Waals surface area (Å²) < 4.78 is 0. The fraction of sp³-hybridized carbons (Fsp3) is 0.704. The summed E-state index contributed by atoms with van der Waals surface area (Å²) in [5.74, 6) is -7.77. The number of rotatable bonds is 22. The molecule has 0 aromatic heterocycles. The first-order valence-corrected chi connectivity index (χ1v) is 14.7. The number of hydrogen-bond donors (Lipinski definition) is 10. The van der Waals surface area contributed by atoms with Crippen LogP contribution in [-0.2, 0) is 38.4 Å². The lowest BCUT2D eigenvalue weighted by molar-refractivity contribution is -0.368. The van der Waals surface area contributed by atoms with Crippen molar-refractivity contribution < 1.29 is 54.3 Å². The number of primary amides is 1. The highest BCUT2D eigenvalue weighted by Crippen LogP contribution is 2.07. The molecule has 0 bridgehead atoms. The molecular formula is C27H49N8O10+. The van der Waals surface area contributed by atoms with Crippen molar-refractivity contribution in [1.29, 1.82) is 0 Å². The first kappa shape index (κ1) is 40.7. The van der Waals surface area contributed by atoms with Crippen LogP contribution in [0, 0.1) is 5.92 Å². The van der Waals surface area contributed by atoms with Crippen LogP contribution in [0.4, 0.5) is 0 Å². The topological polar surface area (TPSA) is 317 Å². The summed E-state index contributed by atoms with van der Waals surface area (Å²) in [5, 5.41) is 30.7. The highest BCUT2D eigenvalue weighted by Gasteiger charge is 2.32. The molecule has 0 saturated heterocycles. The molecule has 14 N–H and O–H groups in total. The number of unbranched alkanes of at least 4 members (excludes halogenated alkanes) is 1. The lowest BCUT2D eigenvalue weighted by Crippen LogP contribution is -2.59. The highest BCUT2D eigenvalue weighted by molar-refractivity contribution is 5.96. The molecule has 6 amide bonds. The van der Waals surface area contributed by atoms with Crippen molar-refractivity contribution in [3.63, 3.8) is 0 Å². The van der Waals surface area contributed by atoms with Crippen LogP contribution in [0.5, 0.6) is 0 Å². The summed E-state index contributed by atoms with van der Waals surface area (Å²) in [4.78, 5) is 98.1. The van der Waals surface area contributed by atoms with Crippen molar-refractivity contribution in [2.45, 2.75) is 109 Å². The second-order valence-corrected chi connectivity index (χ2v) is 11.1. The number of aliphatic carboxylic acids is 2. The predicted molar refractivity (Wildman–Crippen MR) is 158 cm³/mol. The van der Waals surface area contributed by atoms with Crippen molar-refractivity contribution in [3.8, 4) is 0 Å².